The van der Waals surface area contributed by atoms with Crippen LogP contribution in [-0.2, 0) is 12.6 Å². The quantitative estimate of drug-likeness (QED) is 0.403. The molecule has 0 spiro atoms. The van der Waals surface area contributed by atoms with Gasteiger partial charge in [0.2, 0.25) is 5.88 Å². The van der Waals surface area contributed by atoms with Crippen LogP contribution in [-0.4, -0.2) is 19.1 Å². The monoisotopic (exact) mass is 455 g/mol. The van der Waals surface area contributed by atoms with Crippen LogP contribution in [0.1, 0.15) is 40.8 Å². The van der Waals surface area contributed by atoms with Crippen molar-refractivity contribution in [1.82, 2.24) is 15.6 Å². The number of hydrogen-bond donors (Lipinski definition) is 2. The fourth-order valence-electron chi connectivity index (χ4n) is 3.73. The molecule has 1 heterocycles. The number of aryl methyl sites for hydroxylation is 1. The molecule has 0 aliphatic heterocycles. The van der Waals surface area contributed by atoms with Crippen molar-refractivity contribution in [2.24, 2.45) is 0 Å². The van der Waals surface area contributed by atoms with Gasteiger partial charge in [0.25, 0.3) is 0 Å². The molecule has 0 aliphatic rings. The number of alkyl halides is 3. The molecule has 0 aliphatic carbocycles. The number of hydrogen-bond acceptors (Lipinski definition) is 4. The highest BCUT2D eigenvalue weighted by atomic mass is 19.4. The van der Waals surface area contributed by atoms with Crippen LogP contribution >= 0.6 is 0 Å². The summed E-state index contributed by atoms with van der Waals surface area (Å²) in [5.41, 5.74) is 2.88. The van der Waals surface area contributed by atoms with Crippen molar-refractivity contribution in [2.45, 2.75) is 31.1 Å². The van der Waals surface area contributed by atoms with E-state index in [9.17, 15) is 13.2 Å². The Morgan fingerprint density at radius 1 is 1.03 bits per heavy atom. The second-order valence-corrected chi connectivity index (χ2v) is 7.67. The number of rotatable bonds is 10. The van der Waals surface area contributed by atoms with E-state index >= 15 is 0 Å². The van der Waals surface area contributed by atoms with Gasteiger partial charge in [-0.1, -0.05) is 55.1 Å². The number of nitrogens with zero attached hydrogens (tertiary/aromatic N) is 1. The second kappa shape index (κ2) is 11.0. The lowest BCUT2D eigenvalue weighted by Gasteiger charge is -2.28. The fraction of sp³-hybridized carbons (Fsp3) is 0.269. The second-order valence-electron chi connectivity index (χ2n) is 7.67. The van der Waals surface area contributed by atoms with Gasteiger partial charge in [-0.2, -0.15) is 13.2 Å². The van der Waals surface area contributed by atoms with E-state index in [0.717, 1.165) is 34.5 Å². The normalized spacial score (nSPS) is 13.2. The summed E-state index contributed by atoms with van der Waals surface area (Å²) in [6, 6.07) is 18.6. The van der Waals surface area contributed by atoms with E-state index in [4.69, 9.17) is 4.74 Å². The third kappa shape index (κ3) is 6.35. The first-order chi connectivity index (χ1) is 15.8. The molecule has 0 saturated heterocycles. The average molecular weight is 456 g/mol. The van der Waals surface area contributed by atoms with Crippen LogP contribution < -0.4 is 15.4 Å². The molecule has 4 nitrogen and oxygen atoms in total. The number of halogens is 3. The van der Waals surface area contributed by atoms with E-state index < -0.39 is 11.7 Å². The van der Waals surface area contributed by atoms with Gasteiger partial charge in [-0.25, -0.2) is 4.98 Å². The molecule has 3 rings (SSSR count). The zero-order valence-electron chi connectivity index (χ0n) is 18.7. The molecule has 0 radical (unpaired) electrons. The number of likely N-dealkylation sites (N-methyl/N-ethyl adjacent to an activating group) is 1. The van der Waals surface area contributed by atoms with Crippen LogP contribution in [0.5, 0.6) is 5.88 Å². The van der Waals surface area contributed by atoms with E-state index in [0.29, 0.717) is 18.7 Å². The summed E-state index contributed by atoms with van der Waals surface area (Å²) < 4.78 is 44.2. The predicted molar refractivity (Wildman–Crippen MR) is 124 cm³/mol. The Labute approximate surface area is 192 Å². The molecule has 33 heavy (non-hydrogen) atoms. The van der Waals surface area contributed by atoms with Gasteiger partial charge in [0.05, 0.1) is 18.7 Å². The van der Waals surface area contributed by atoms with Crippen LogP contribution in [0.3, 0.4) is 0 Å². The maximum absolute atomic E-state index is 12.9. The SMILES string of the molecule is C=C(NC)[C@H](N[C@@H](CCc1ccc(C(F)(F)F)cc1)c1cccnc1OC)c1ccccc1. The molecule has 3 aromatic rings. The van der Waals surface area contributed by atoms with Gasteiger partial charge >= 0.3 is 6.18 Å². The van der Waals surface area contributed by atoms with Gasteiger partial charge in [-0.15, -0.1) is 0 Å². The Balaban J connectivity index is 1.88. The molecular weight excluding hydrogens is 427 g/mol. The minimum absolute atomic E-state index is 0.189. The molecule has 0 unspecified atom stereocenters. The van der Waals surface area contributed by atoms with Crippen LogP contribution in [0.15, 0.2) is 85.2 Å². The topological polar surface area (TPSA) is 46.2 Å². The van der Waals surface area contributed by atoms with Gasteiger partial charge in [-0.3, -0.25) is 5.32 Å². The highest BCUT2D eigenvalue weighted by molar-refractivity contribution is 5.32. The summed E-state index contributed by atoms with van der Waals surface area (Å²) in [6.45, 7) is 4.16. The smallest absolute Gasteiger partial charge is 0.416 e. The van der Waals surface area contributed by atoms with Crippen molar-refractivity contribution in [3.63, 3.8) is 0 Å². The van der Waals surface area contributed by atoms with E-state index in [1.54, 1.807) is 13.3 Å². The molecule has 0 bridgehead atoms. The highest BCUT2D eigenvalue weighted by Crippen LogP contribution is 2.32. The molecule has 7 heteroatoms. The minimum atomic E-state index is -4.35. The fourth-order valence-corrected chi connectivity index (χ4v) is 3.73. The standard InChI is InChI=1S/C26H28F3N3O/c1-18(30-2)24(20-8-5-4-6-9-20)32-23(22-10-7-17-31-25(22)33-3)16-13-19-11-14-21(15-12-19)26(27,28)29/h4-12,14-15,17,23-24,30,32H,1,13,16H2,2-3H3/t23-,24-/m0/s1. The maximum Gasteiger partial charge on any atom is 0.416 e. The van der Waals surface area contributed by atoms with Crippen molar-refractivity contribution >= 4 is 0 Å². The Morgan fingerprint density at radius 3 is 2.33 bits per heavy atom. The van der Waals surface area contributed by atoms with Gasteiger partial charge in [0.1, 0.15) is 0 Å². The molecule has 0 saturated carbocycles. The third-order valence-corrected chi connectivity index (χ3v) is 5.54. The summed E-state index contributed by atoms with van der Waals surface area (Å²) in [5.74, 6) is 0.504. The van der Waals surface area contributed by atoms with Crippen LogP contribution in [0, 0.1) is 0 Å². The number of ether oxygens (including phenoxy) is 1. The minimum Gasteiger partial charge on any atom is -0.481 e. The number of nitrogens with one attached hydrogen (secondary N) is 2. The first-order valence-electron chi connectivity index (χ1n) is 10.7. The van der Waals surface area contributed by atoms with Crippen LogP contribution in [0.25, 0.3) is 0 Å². The van der Waals surface area contributed by atoms with Crippen molar-refractivity contribution in [2.75, 3.05) is 14.2 Å². The van der Waals surface area contributed by atoms with E-state index in [1.165, 1.54) is 12.1 Å². The van der Waals surface area contributed by atoms with Gasteiger partial charge in [0.15, 0.2) is 0 Å². The lowest BCUT2D eigenvalue weighted by atomic mass is 9.96. The van der Waals surface area contributed by atoms with E-state index in [1.807, 2.05) is 49.5 Å². The summed E-state index contributed by atoms with van der Waals surface area (Å²) in [7, 11) is 3.39. The van der Waals surface area contributed by atoms with Crippen LogP contribution in [0.2, 0.25) is 0 Å². The predicted octanol–water partition coefficient (Wildman–Crippen LogP) is 5.85. The lowest BCUT2D eigenvalue weighted by Crippen LogP contribution is -2.32. The largest absolute Gasteiger partial charge is 0.481 e. The number of methoxy groups -OCH3 is 1. The molecule has 2 atom stereocenters. The molecule has 2 aromatic carbocycles. The molecule has 1 aromatic heterocycles. The molecule has 2 N–H and O–H groups in total. The summed E-state index contributed by atoms with van der Waals surface area (Å²) in [6.07, 6.45) is -1.49. The summed E-state index contributed by atoms with van der Waals surface area (Å²) >= 11 is 0. The number of pyridine rings is 1. The summed E-state index contributed by atoms with van der Waals surface area (Å²) in [4.78, 5) is 4.33. The van der Waals surface area contributed by atoms with Gasteiger partial charge in [-0.05, 0) is 42.2 Å². The van der Waals surface area contributed by atoms with Gasteiger partial charge in [0, 0.05) is 30.5 Å². The number of benzene rings is 2. The Morgan fingerprint density at radius 2 is 1.73 bits per heavy atom. The Bertz CT molecular complexity index is 1040. The van der Waals surface area contributed by atoms with Crippen molar-refractivity contribution in [3.05, 3.63) is 107 Å². The van der Waals surface area contributed by atoms with Gasteiger partial charge < -0.3 is 10.1 Å². The molecule has 174 valence electrons. The summed E-state index contributed by atoms with van der Waals surface area (Å²) in [5, 5.41) is 6.79. The molecule has 0 fully saturated rings. The third-order valence-electron chi connectivity index (χ3n) is 5.54. The first kappa shape index (κ1) is 24.3. The molecular formula is C26H28F3N3O. The lowest BCUT2D eigenvalue weighted by molar-refractivity contribution is -0.137. The average Bonchev–Trinajstić information content (AvgIpc) is 2.84. The van der Waals surface area contributed by atoms with E-state index in [2.05, 4.69) is 22.2 Å². The zero-order valence-corrected chi connectivity index (χ0v) is 18.7. The van der Waals surface area contributed by atoms with Crippen LogP contribution in [0.4, 0.5) is 13.2 Å². The number of aromatic nitrogens is 1. The Kier molecular flexibility index (Phi) is 8.11. The van der Waals surface area contributed by atoms with Crippen molar-refractivity contribution in [1.29, 1.82) is 0 Å². The maximum atomic E-state index is 12.9. The zero-order chi connectivity index (χ0) is 23.8. The Hall–Kier alpha value is -3.32. The van der Waals surface area contributed by atoms with Crippen molar-refractivity contribution < 1.29 is 17.9 Å². The van der Waals surface area contributed by atoms with Crippen molar-refractivity contribution in [3.8, 4) is 5.88 Å². The highest BCUT2D eigenvalue weighted by Gasteiger charge is 2.30. The molecule has 0 amide bonds. The first-order valence-corrected chi connectivity index (χ1v) is 10.7. The van der Waals surface area contributed by atoms with E-state index in [-0.39, 0.29) is 12.1 Å².